The lowest BCUT2D eigenvalue weighted by Gasteiger charge is -2.03. The lowest BCUT2D eigenvalue weighted by Crippen LogP contribution is -2.23. The Balaban J connectivity index is 2.19. The van der Waals surface area contributed by atoms with Crippen LogP contribution in [0.2, 0.25) is 5.02 Å². The van der Waals surface area contributed by atoms with E-state index < -0.39 is 17.7 Å². The summed E-state index contributed by atoms with van der Waals surface area (Å²) >= 11 is 5.91. The molecule has 1 aromatic carbocycles. The number of rotatable bonds is 3. The second kappa shape index (κ2) is 5.00. The molecule has 2 rings (SSSR count). The molecule has 2 aromatic rings. The van der Waals surface area contributed by atoms with Gasteiger partial charge in [-0.15, -0.1) is 5.10 Å². The first-order chi connectivity index (χ1) is 8.88. The molecule has 0 radical (unpaired) electrons. The normalized spacial score (nSPS) is 11.6. The Bertz CT molecular complexity index is 609. The number of hydrogen-bond acceptors (Lipinski definition) is 3. The number of Topliss-reactive ketones (excluding diaryl/α,β-unsaturated/α-hetero) is 1. The van der Waals surface area contributed by atoms with Crippen molar-refractivity contribution in [2.75, 3.05) is 0 Å². The minimum absolute atomic E-state index is 0.137. The van der Waals surface area contributed by atoms with Gasteiger partial charge in [-0.3, -0.25) is 4.79 Å². The number of alkyl halides is 3. The predicted octanol–water partition coefficient (Wildman–Crippen LogP) is 2.72. The number of benzene rings is 1. The molecule has 0 atom stereocenters. The van der Waals surface area contributed by atoms with E-state index in [-0.39, 0.29) is 6.54 Å². The molecule has 0 unspecified atom stereocenters. The van der Waals surface area contributed by atoms with E-state index in [0.717, 1.165) is 10.9 Å². The van der Waals surface area contributed by atoms with Crippen molar-refractivity contribution in [1.29, 1.82) is 0 Å². The predicted molar refractivity (Wildman–Crippen MR) is 61.0 cm³/mol. The van der Waals surface area contributed by atoms with Gasteiger partial charge in [0, 0.05) is 5.02 Å². The summed E-state index contributed by atoms with van der Waals surface area (Å²) in [6, 6.07) is 6.82. The van der Waals surface area contributed by atoms with Crippen molar-refractivity contribution >= 4 is 17.4 Å². The molecule has 0 spiro atoms. The van der Waals surface area contributed by atoms with Gasteiger partial charge >= 0.3 is 6.18 Å². The minimum Gasteiger partial charge on any atom is -0.282 e. The molecule has 4 nitrogen and oxygen atoms in total. The van der Waals surface area contributed by atoms with Gasteiger partial charge in [-0.25, -0.2) is 4.68 Å². The lowest BCUT2D eigenvalue weighted by molar-refractivity contribution is -0.0888. The lowest BCUT2D eigenvalue weighted by atomic mass is 10.2. The maximum absolute atomic E-state index is 12.2. The van der Waals surface area contributed by atoms with E-state index in [9.17, 15) is 18.0 Å². The average Bonchev–Trinajstić information content (AvgIpc) is 2.78. The second-order valence-electron chi connectivity index (χ2n) is 3.72. The highest BCUT2D eigenvalue weighted by molar-refractivity contribution is 6.31. The van der Waals surface area contributed by atoms with E-state index in [4.69, 9.17) is 11.6 Å². The Morgan fingerprint density at radius 1 is 1.32 bits per heavy atom. The summed E-state index contributed by atoms with van der Waals surface area (Å²) in [5.41, 5.74) is -0.0698. The first kappa shape index (κ1) is 13.5. The van der Waals surface area contributed by atoms with Crippen LogP contribution in [0.1, 0.15) is 16.1 Å². The molecule has 1 aromatic heterocycles. The molecule has 0 saturated heterocycles. The molecular formula is C11H7ClF3N3O. The van der Waals surface area contributed by atoms with Crippen molar-refractivity contribution in [1.82, 2.24) is 15.0 Å². The molecule has 0 fully saturated rings. The summed E-state index contributed by atoms with van der Waals surface area (Å²) in [6.07, 6.45) is -4.01. The van der Waals surface area contributed by atoms with E-state index in [2.05, 4.69) is 10.3 Å². The van der Waals surface area contributed by atoms with Gasteiger partial charge in [-0.05, 0) is 11.6 Å². The Morgan fingerprint density at radius 2 is 2.00 bits per heavy atom. The highest BCUT2D eigenvalue weighted by atomic mass is 35.5. The molecule has 19 heavy (non-hydrogen) atoms. The first-order valence-electron chi connectivity index (χ1n) is 5.13. The smallest absolute Gasteiger partial charge is 0.282 e. The number of ketones is 1. The molecule has 0 saturated carbocycles. The Morgan fingerprint density at radius 3 is 2.63 bits per heavy atom. The number of aromatic nitrogens is 3. The quantitative estimate of drug-likeness (QED) is 0.816. The van der Waals surface area contributed by atoms with Crippen molar-refractivity contribution in [3.05, 3.63) is 46.7 Å². The summed E-state index contributed by atoms with van der Waals surface area (Å²) in [5, 5.41) is 7.14. The fraction of sp³-hybridized carbons (Fsp3) is 0.182. The van der Waals surface area contributed by atoms with Crippen LogP contribution in [-0.4, -0.2) is 27.0 Å². The summed E-state index contributed by atoms with van der Waals surface area (Å²) in [4.78, 5) is 10.9. The van der Waals surface area contributed by atoms with Crippen LogP contribution >= 0.6 is 11.6 Å². The van der Waals surface area contributed by atoms with E-state index in [1.807, 2.05) is 0 Å². The second-order valence-corrected chi connectivity index (χ2v) is 4.13. The standard InChI is InChI=1S/C11H7ClF3N3O/c12-8-4-2-1-3-7(8)5-18-6-9(16-17-18)10(19)11(13,14)15/h1-4,6H,5H2. The summed E-state index contributed by atoms with van der Waals surface area (Å²) < 4.78 is 37.7. The summed E-state index contributed by atoms with van der Waals surface area (Å²) in [7, 11) is 0. The van der Waals surface area contributed by atoms with Gasteiger partial charge in [-0.1, -0.05) is 35.0 Å². The van der Waals surface area contributed by atoms with Crippen LogP contribution in [0.5, 0.6) is 0 Å². The molecule has 0 aliphatic rings. The van der Waals surface area contributed by atoms with Crippen LogP contribution in [0.25, 0.3) is 0 Å². The highest BCUT2D eigenvalue weighted by Crippen LogP contribution is 2.20. The van der Waals surface area contributed by atoms with Crippen LogP contribution in [0.15, 0.2) is 30.5 Å². The number of hydrogen-bond donors (Lipinski definition) is 0. The third-order valence-corrected chi connectivity index (χ3v) is 2.69. The Hall–Kier alpha value is -1.89. The van der Waals surface area contributed by atoms with Crippen LogP contribution in [-0.2, 0) is 6.54 Å². The van der Waals surface area contributed by atoms with Gasteiger partial charge < -0.3 is 0 Å². The van der Waals surface area contributed by atoms with Crippen LogP contribution in [0.4, 0.5) is 13.2 Å². The largest absolute Gasteiger partial charge is 0.456 e. The molecule has 8 heteroatoms. The molecule has 0 N–H and O–H groups in total. The molecule has 0 aliphatic heterocycles. The number of carbonyl (C=O) groups is 1. The van der Waals surface area contributed by atoms with Crippen molar-refractivity contribution in [3.63, 3.8) is 0 Å². The minimum atomic E-state index is -4.95. The molecule has 100 valence electrons. The van der Waals surface area contributed by atoms with Crippen molar-refractivity contribution in [2.45, 2.75) is 12.7 Å². The zero-order valence-electron chi connectivity index (χ0n) is 9.36. The number of carbonyl (C=O) groups excluding carboxylic acids is 1. The monoisotopic (exact) mass is 289 g/mol. The SMILES string of the molecule is O=C(c1cn(Cc2ccccc2Cl)nn1)C(F)(F)F. The van der Waals surface area contributed by atoms with Crippen molar-refractivity contribution in [2.24, 2.45) is 0 Å². The van der Waals surface area contributed by atoms with E-state index >= 15 is 0 Å². The van der Waals surface area contributed by atoms with E-state index in [1.165, 1.54) is 0 Å². The molecular weight excluding hydrogens is 283 g/mol. The van der Waals surface area contributed by atoms with Crippen LogP contribution in [0, 0.1) is 0 Å². The van der Waals surface area contributed by atoms with E-state index in [1.54, 1.807) is 24.3 Å². The van der Waals surface area contributed by atoms with Crippen molar-refractivity contribution < 1.29 is 18.0 Å². The average molecular weight is 290 g/mol. The fourth-order valence-corrected chi connectivity index (χ4v) is 1.62. The molecule has 0 aliphatic carbocycles. The number of nitrogens with zero attached hydrogens (tertiary/aromatic N) is 3. The van der Waals surface area contributed by atoms with Gasteiger partial charge in [0.25, 0.3) is 5.78 Å². The summed E-state index contributed by atoms with van der Waals surface area (Å²) in [6.45, 7) is 0.137. The maximum atomic E-state index is 12.2. The maximum Gasteiger partial charge on any atom is 0.456 e. The molecule has 0 amide bonds. The fourth-order valence-electron chi connectivity index (χ4n) is 1.43. The Kier molecular flexibility index (Phi) is 3.57. The summed E-state index contributed by atoms with van der Waals surface area (Å²) in [5.74, 6) is -2.02. The first-order valence-corrected chi connectivity index (χ1v) is 5.51. The van der Waals surface area contributed by atoms with Gasteiger partial charge in [0.1, 0.15) is 0 Å². The molecule has 0 bridgehead atoms. The zero-order valence-corrected chi connectivity index (χ0v) is 10.1. The number of halogens is 4. The van der Waals surface area contributed by atoms with Gasteiger partial charge in [0.05, 0.1) is 12.7 Å². The third-order valence-electron chi connectivity index (χ3n) is 2.32. The van der Waals surface area contributed by atoms with Gasteiger partial charge in [0.15, 0.2) is 5.69 Å². The zero-order chi connectivity index (χ0) is 14.0. The van der Waals surface area contributed by atoms with Gasteiger partial charge in [0.2, 0.25) is 0 Å². The van der Waals surface area contributed by atoms with Crippen molar-refractivity contribution in [3.8, 4) is 0 Å². The highest BCUT2D eigenvalue weighted by Gasteiger charge is 2.41. The molecule has 1 heterocycles. The topological polar surface area (TPSA) is 47.8 Å². The van der Waals surface area contributed by atoms with Crippen LogP contribution in [0.3, 0.4) is 0 Å². The van der Waals surface area contributed by atoms with Gasteiger partial charge in [-0.2, -0.15) is 13.2 Å². The van der Waals surface area contributed by atoms with E-state index in [0.29, 0.717) is 10.6 Å². The third kappa shape index (κ3) is 3.11. The van der Waals surface area contributed by atoms with Crippen LogP contribution < -0.4 is 0 Å². The Labute approximate surface area is 110 Å².